The second kappa shape index (κ2) is 11.6. The molecule has 0 aliphatic heterocycles. The third kappa shape index (κ3) is 7.26. The maximum absolute atomic E-state index is 2.31. The van der Waals surface area contributed by atoms with Crippen LogP contribution in [0.15, 0.2) is 66.7 Å². The van der Waals surface area contributed by atoms with Crippen molar-refractivity contribution in [2.45, 2.75) is 67.0 Å². The van der Waals surface area contributed by atoms with Gasteiger partial charge in [-0.15, -0.1) is 46.7 Å². The van der Waals surface area contributed by atoms with Crippen molar-refractivity contribution in [3.63, 3.8) is 0 Å². The Labute approximate surface area is 211 Å². The van der Waals surface area contributed by atoms with E-state index in [0.717, 1.165) is 0 Å². The largest absolute Gasteiger partial charge is 0.196 e. The quantitative estimate of drug-likeness (QED) is 0.175. The van der Waals surface area contributed by atoms with Crippen molar-refractivity contribution < 1.29 is 23.3 Å². The Bertz CT molecular complexity index is 1140. The van der Waals surface area contributed by atoms with E-state index in [4.69, 9.17) is 0 Å². The van der Waals surface area contributed by atoms with Crippen LogP contribution in [0, 0.1) is 27.7 Å². The molecule has 0 heterocycles. The van der Waals surface area contributed by atoms with E-state index < -0.39 is 0 Å². The molecule has 0 aromatic heterocycles. The molecule has 0 saturated heterocycles. The maximum Gasteiger partial charge on any atom is -0.0632 e. The molecule has 4 rings (SSSR count). The van der Waals surface area contributed by atoms with Crippen molar-refractivity contribution in [3.05, 3.63) is 94.5 Å². The van der Waals surface area contributed by atoms with Crippen molar-refractivity contribution in [2.75, 3.05) is 0 Å². The smallest absolute Gasteiger partial charge is 0.0632 e. The number of hydrogen-bond donors (Lipinski definition) is 0. The van der Waals surface area contributed by atoms with E-state index in [0.29, 0.717) is 0 Å². The van der Waals surface area contributed by atoms with Gasteiger partial charge in [0.2, 0.25) is 0 Å². The normalized spacial score (nSPS) is 10.8. The van der Waals surface area contributed by atoms with Crippen molar-refractivity contribution in [3.8, 4) is 11.1 Å². The summed E-state index contributed by atoms with van der Waals surface area (Å²) in [4.78, 5) is 0. The standard InChI is InChI=1S/C19H19.C9H13.C2H6Si.Zr/c1-19(2,3)16-11-8-15(9-12-16)18-13-10-14-6-4-5-7-17(14)18;1-6-5-7(2)9(4)8(6)3;1-3-2;/h4-13H,1-3H3;5H,1-4H3;1-2H3;/q2*-1;;+2. The minimum absolute atomic E-state index is 0.210. The van der Waals surface area contributed by atoms with Crippen LogP contribution >= 0.6 is 0 Å². The minimum Gasteiger partial charge on any atom is -0.196 e. The van der Waals surface area contributed by atoms with Gasteiger partial charge < -0.3 is 0 Å². The molecule has 0 amide bonds. The van der Waals surface area contributed by atoms with Crippen molar-refractivity contribution in [1.29, 1.82) is 0 Å². The van der Waals surface area contributed by atoms with Crippen LogP contribution in [-0.4, -0.2) is 5.43 Å². The van der Waals surface area contributed by atoms with Gasteiger partial charge in [0.15, 0.2) is 0 Å². The van der Waals surface area contributed by atoms with Crippen LogP contribution in [0.4, 0.5) is 0 Å². The van der Waals surface area contributed by atoms with Gasteiger partial charge in [0.05, 0.1) is 0 Å². The Hall–Kier alpha value is -1.50. The summed E-state index contributed by atoms with van der Waals surface area (Å²) in [5.74, 6) is 0. The Balaban J connectivity index is 0.000000233. The van der Waals surface area contributed by atoms with E-state index in [1.165, 1.54) is 49.7 Å². The zero-order valence-electron chi connectivity index (χ0n) is 21.4. The Morgan fingerprint density at radius 1 is 0.781 bits per heavy atom. The summed E-state index contributed by atoms with van der Waals surface area (Å²) < 4.78 is 0. The van der Waals surface area contributed by atoms with Gasteiger partial charge in [-0.1, -0.05) is 84.4 Å². The van der Waals surface area contributed by atoms with Gasteiger partial charge in [-0.05, 0) is 11.0 Å². The molecular weight excluding hydrogens is 480 g/mol. The summed E-state index contributed by atoms with van der Waals surface area (Å²) in [6.45, 7) is 20.0. The van der Waals surface area contributed by atoms with E-state index in [1.807, 2.05) is 0 Å². The van der Waals surface area contributed by atoms with E-state index in [-0.39, 0.29) is 10.8 Å². The third-order valence-corrected chi connectivity index (χ3v) is 5.92. The molecule has 0 aliphatic rings. The van der Waals surface area contributed by atoms with Crippen molar-refractivity contribution in [1.82, 2.24) is 0 Å². The number of hydrogen-bond acceptors (Lipinski definition) is 0. The summed E-state index contributed by atoms with van der Waals surface area (Å²) in [5.41, 5.74) is 10.2. The molecule has 32 heavy (non-hydrogen) atoms. The first-order chi connectivity index (χ1) is 14.9. The number of fused-ring (bicyclic) bond motifs is 1. The molecule has 0 nitrogen and oxygen atoms in total. The first-order valence-corrected chi connectivity index (χ1v) is 17.6. The molecule has 0 N–H and O–H groups in total. The maximum atomic E-state index is 2.31. The van der Waals surface area contributed by atoms with Gasteiger partial charge >= 0.3 is 41.9 Å². The number of benzene rings is 2. The second-order valence-corrected chi connectivity index (χ2v) is 19.3. The van der Waals surface area contributed by atoms with Crippen LogP contribution in [0.5, 0.6) is 0 Å². The van der Waals surface area contributed by atoms with Crippen LogP contribution in [-0.2, 0) is 28.8 Å². The van der Waals surface area contributed by atoms with Gasteiger partial charge in [-0.3, -0.25) is 0 Å². The van der Waals surface area contributed by atoms with Crippen LogP contribution in [0.1, 0.15) is 48.6 Å². The zero-order valence-corrected chi connectivity index (χ0v) is 24.8. The van der Waals surface area contributed by atoms with Gasteiger partial charge in [-0.2, -0.15) is 28.3 Å². The predicted molar refractivity (Wildman–Crippen MR) is 142 cm³/mol. The molecular formula is C30H38SiZr. The van der Waals surface area contributed by atoms with E-state index in [2.05, 4.69) is 128 Å². The van der Waals surface area contributed by atoms with Gasteiger partial charge in [-0.25, -0.2) is 0 Å². The molecule has 0 radical (unpaired) electrons. The molecule has 0 saturated carbocycles. The van der Waals surface area contributed by atoms with Gasteiger partial charge in [0.1, 0.15) is 0 Å². The molecule has 0 bridgehead atoms. The molecule has 0 spiro atoms. The Morgan fingerprint density at radius 3 is 1.72 bits per heavy atom. The van der Waals surface area contributed by atoms with Gasteiger partial charge in [0, 0.05) is 0 Å². The summed E-state index contributed by atoms with van der Waals surface area (Å²) in [6, 6.07) is 24.2. The van der Waals surface area contributed by atoms with Crippen LogP contribution < -0.4 is 0 Å². The topological polar surface area (TPSA) is 0 Å². The predicted octanol–water partition coefficient (Wildman–Crippen LogP) is 8.95. The minimum atomic E-state index is 0.210. The van der Waals surface area contributed by atoms with Crippen LogP contribution in [0.3, 0.4) is 0 Å². The monoisotopic (exact) mass is 516 g/mol. The SMILES string of the molecule is CC(C)(C)c1ccc(-c2c[cH-]c3ccccc23)cc1.C[Si](C)=[Zr+2].Cc1[cH-]c(C)c(C)c1C. The third-order valence-electron chi connectivity index (χ3n) is 5.92. The van der Waals surface area contributed by atoms with Crippen LogP contribution in [0.2, 0.25) is 13.1 Å². The molecule has 2 heteroatoms. The molecule has 0 unspecified atom stereocenters. The summed E-state index contributed by atoms with van der Waals surface area (Å²) in [6.07, 6.45) is 0. The molecule has 0 atom stereocenters. The molecule has 4 aromatic carbocycles. The van der Waals surface area contributed by atoms with E-state index in [1.54, 1.807) is 23.3 Å². The fourth-order valence-electron chi connectivity index (χ4n) is 3.68. The average Bonchev–Trinajstić information content (AvgIpc) is 3.24. The summed E-state index contributed by atoms with van der Waals surface area (Å²) in [7, 11) is 0. The van der Waals surface area contributed by atoms with Crippen molar-refractivity contribution >= 4 is 16.2 Å². The Kier molecular flexibility index (Phi) is 9.68. The average molecular weight is 518 g/mol. The van der Waals surface area contributed by atoms with Crippen molar-refractivity contribution in [2.24, 2.45) is 0 Å². The Morgan fingerprint density at radius 2 is 1.28 bits per heavy atom. The van der Waals surface area contributed by atoms with Gasteiger partial charge in [0.25, 0.3) is 0 Å². The molecule has 4 aromatic rings. The fraction of sp³-hybridized carbons (Fsp3) is 0.333. The van der Waals surface area contributed by atoms with E-state index >= 15 is 0 Å². The first kappa shape index (κ1) is 26.7. The second-order valence-electron chi connectivity index (χ2n) is 9.92. The molecule has 0 fully saturated rings. The zero-order chi connectivity index (χ0) is 24.1. The van der Waals surface area contributed by atoms with E-state index in [9.17, 15) is 0 Å². The first-order valence-electron chi connectivity index (χ1n) is 11.4. The van der Waals surface area contributed by atoms with Crippen LogP contribution in [0.25, 0.3) is 21.9 Å². The number of aryl methyl sites for hydroxylation is 2. The molecule has 166 valence electrons. The summed E-state index contributed by atoms with van der Waals surface area (Å²) >= 11 is 1.74. The summed E-state index contributed by atoms with van der Waals surface area (Å²) in [5, 5.41) is 2.66. The number of rotatable bonds is 1. The fourth-order valence-corrected chi connectivity index (χ4v) is 3.68. The molecule has 0 aliphatic carbocycles.